The standard InChI is InChI=1S/C30H46O5Si/c1-19-17-22(15-16-36(10,11)12)13-14-23(19)26-25(35-28(32)30(7,8)9)21(3)20(2)24(34-26)18-33-27(31)29(4,5)6/h13-14,17,20-21,24-26H,18H2,1-12H3/t20-,21-,24+,25-,26+/m0/s1. The Labute approximate surface area is 219 Å². The molecular weight excluding hydrogens is 468 g/mol. The van der Waals surface area contributed by atoms with Crippen molar-refractivity contribution in [2.75, 3.05) is 6.61 Å². The van der Waals surface area contributed by atoms with E-state index >= 15 is 0 Å². The molecule has 0 saturated carbocycles. The summed E-state index contributed by atoms with van der Waals surface area (Å²) in [5.41, 5.74) is 5.17. The lowest BCUT2D eigenvalue weighted by molar-refractivity contribution is -0.212. The van der Waals surface area contributed by atoms with Crippen molar-refractivity contribution < 1.29 is 23.8 Å². The van der Waals surface area contributed by atoms with Crippen LogP contribution in [0.1, 0.15) is 78.2 Å². The van der Waals surface area contributed by atoms with Gasteiger partial charge in [0.2, 0.25) is 0 Å². The van der Waals surface area contributed by atoms with Crippen LogP contribution in [0, 0.1) is 41.1 Å². The smallest absolute Gasteiger partial charge is 0.311 e. The van der Waals surface area contributed by atoms with Gasteiger partial charge in [-0.1, -0.05) is 45.5 Å². The number of ether oxygens (including phenoxy) is 3. The fourth-order valence-electron chi connectivity index (χ4n) is 3.92. The van der Waals surface area contributed by atoms with Crippen LogP contribution in [0.3, 0.4) is 0 Å². The van der Waals surface area contributed by atoms with Crippen molar-refractivity contribution in [2.24, 2.45) is 22.7 Å². The van der Waals surface area contributed by atoms with Gasteiger partial charge in [-0.3, -0.25) is 9.59 Å². The van der Waals surface area contributed by atoms with Crippen LogP contribution in [-0.2, 0) is 23.8 Å². The molecular formula is C30H46O5Si. The van der Waals surface area contributed by atoms with E-state index in [1.807, 2.05) is 60.6 Å². The zero-order valence-corrected chi connectivity index (χ0v) is 25.4. The van der Waals surface area contributed by atoms with Gasteiger partial charge in [0.1, 0.15) is 26.9 Å². The van der Waals surface area contributed by atoms with Crippen LogP contribution in [0.5, 0.6) is 0 Å². The Bertz CT molecular complexity index is 1010. The number of rotatable bonds is 4. The van der Waals surface area contributed by atoms with Crippen LogP contribution >= 0.6 is 0 Å². The molecule has 6 heteroatoms. The van der Waals surface area contributed by atoms with E-state index in [9.17, 15) is 9.59 Å². The average Bonchev–Trinajstić information content (AvgIpc) is 2.73. The predicted molar refractivity (Wildman–Crippen MR) is 147 cm³/mol. The second kappa shape index (κ2) is 11.1. The Hall–Kier alpha value is -2.10. The topological polar surface area (TPSA) is 61.8 Å². The molecule has 200 valence electrons. The second-order valence-corrected chi connectivity index (χ2v) is 18.1. The molecule has 1 aliphatic rings. The number of carbonyl (C=O) groups is 2. The Balaban J connectivity index is 2.43. The normalized spacial score (nSPS) is 24.9. The molecule has 1 aromatic rings. The van der Waals surface area contributed by atoms with Crippen molar-refractivity contribution in [1.29, 1.82) is 0 Å². The van der Waals surface area contributed by atoms with Crippen molar-refractivity contribution in [1.82, 2.24) is 0 Å². The second-order valence-electron chi connectivity index (χ2n) is 13.4. The van der Waals surface area contributed by atoms with E-state index in [2.05, 4.69) is 51.0 Å². The fraction of sp³-hybridized carbons (Fsp3) is 0.667. The highest BCUT2D eigenvalue weighted by atomic mass is 28.3. The first kappa shape index (κ1) is 30.1. The summed E-state index contributed by atoms with van der Waals surface area (Å²) < 4.78 is 18.4. The number of benzene rings is 1. The van der Waals surface area contributed by atoms with Crippen molar-refractivity contribution in [3.05, 3.63) is 34.9 Å². The quantitative estimate of drug-likeness (QED) is 0.261. The van der Waals surface area contributed by atoms with Crippen LogP contribution < -0.4 is 0 Å². The summed E-state index contributed by atoms with van der Waals surface area (Å²) >= 11 is 0. The molecule has 0 spiro atoms. The van der Waals surface area contributed by atoms with Crippen molar-refractivity contribution >= 4 is 20.0 Å². The summed E-state index contributed by atoms with van der Waals surface area (Å²) in [6, 6.07) is 6.12. The van der Waals surface area contributed by atoms with Crippen LogP contribution in [0.25, 0.3) is 0 Å². The molecule has 0 N–H and O–H groups in total. The molecule has 0 aromatic heterocycles. The third-order valence-electron chi connectivity index (χ3n) is 6.56. The van der Waals surface area contributed by atoms with Gasteiger partial charge in [-0.2, -0.15) is 0 Å². The van der Waals surface area contributed by atoms with Crippen LogP contribution in [0.2, 0.25) is 19.6 Å². The summed E-state index contributed by atoms with van der Waals surface area (Å²) in [6.45, 7) is 24.1. The van der Waals surface area contributed by atoms with Crippen molar-refractivity contribution in [2.45, 2.75) is 100 Å². The highest BCUT2D eigenvalue weighted by Crippen LogP contribution is 2.42. The van der Waals surface area contributed by atoms with E-state index in [1.165, 1.54) is 0 Å². The lowest BCUT2D eigenvalue weighted by Gasteiger charge is -2.45. The van der Waals surface area contributed by atoms with Crippen LogP contribution in [-0.4, -0.2) is 38.8 Å². The summed E-state index contributed by atoms with van der Waals surface area (Å²) in [4.78, 5) is 25.4. The van der Waals surface area contributed by atoms with Gasteiger partial charge >= 0.3 is 11.9 Å². The maximum Gasteiger partial charge on any atom is 0.311 e. The van der Waals surface area contributed by atoms with Gasteiger partial charge in [-0.25, -0.2) is 0 Å². The summed E-state index contributed by atoms with van der Waals surface area (Å²) in [6.07, 6.45) is -1.25. The SMILES string of the molecule is Cc1cc(C#C[Si](C)(C)C)ccc1[C@H]1O[C@H](COC(=O)C(C)(C)C)[C@@H](C)[C@H](C)[C@@H]1OC(=O)C(C)(C)C. The van der Waals surface area contributed by atoms with Crippen LogP contribution in [0.15, 0.2) is 18.2 Å². The first-order valence-electron chi connectivity index (χ1n) is 13.0. The van der Waals surface area contributed by atoms with Gasteiger partial charge in [-0.15, -0.1) is 5.54 Å². The minimum absolute atomic E-state index is 0.000789. The van der Waals surface area contributed by atoms with E-state index in [1.54, 1.807) is 0 Å². The van der Waals surface area contributed by atoms with Gasteiger partial charge in [0.05, 0.1) is 16.9 Å². The zero-order valence-electron chi connectivity index (χ0n) is 24.4. The summed E-state index contributed by atoms with van der Waals surface area (Å²) in [5.74, 6) is 2.82. The van der Waals surface area contributed by atoms with Crippen molar-refractivity contribution in [3.63, 3.8) is 0 Å². The molecule has 0 radical (unpaired) electrons. The lowest BCUT2D eigenvalue weighted by atomic mass is 9.78. The third kappa shape index (κ3) is 7.95. The Morgan fingerprint density at radius 3 is 2.06 bits per heavy atom. The van der Waals surface area contributed by atoms with E-state index in [-0.39, 0.29) is 36.5 Å². The van der Waals surface area contributed by atoms with E-state index in [0.717, 1.165) is 16.7 Å². The zero-order chi connectivity index (χ0) is 27.6. The number of aryl methyl sites for hydroxylation is 1. The van der Waals surface area contributed by atoms with Gasteiger partial charge in [0.15, 0.2) is 0 Å². The van der Waals surface area contributed by atoms with Gasteiger partial charge in [0.25, 0.3) is 0 Å². The number of esters is 2. The molecule has 36 heavy (non-hydrogen) atoms. The van der Waals surface area contributed by atoms with Gasteiger partial charge in [0, 0.05) is 11.5 Å². The largest absolute Gasteiger partial charge is 0.463 e. The maximum absolute atomic E-state index is 12.9. The first-order chi connectivity index (χ1) is 16.3. The maximum atomic E-state index is 12.9. The Kier molecular flexibility index (Phi) is 9.29. The monoisotopic (exact) mass is 514 g/mol. The lowest BCUT2D eigenvalue weighted by Crippen LogP contribution is -2.49. The molecule has 1 aromatic carbocycles. The van der Waals surface area contributed by atoms with Crippen LogP contribution in [0.4, 0.5) is 0 Å². The Morgan fingerprint density at radius 1 is 0.972 bits per heavy atom. The van der Waals surface area contributed by atoms with Gasteiger partial charge in [-0.05, 0) is 77.6 Å². The molecule has 0 bridgehead atoms. The summed E-state index contributed by atoms with van der Waals surface area (Å²) in [7, 11) is -1.49. The molecule has 1 saturated heterocycles. The number of carbonyl (C=O) groups excluding carboxylic acids is 2. The highest BCUT2D eigenvalue weighted by Gasteiger charge is 2.46. The minimum atomic E-state index is -1.49. The fourth-order valence-corrected chi connectivity index (χ4v) is 4.44. The first-order valence-corrected chi connectivity index (χ1v) is 16.5. The highest BCUT2D eigenvalue weighted by molar-refractivity contribution is 6.83. The summed E-state index contributed by atoms with van der Waals surface area (Å²) in [5, 5.41) is 0. The molecule has 1 heterocycles. The molecule has 2 rings (SSSR count). The molecule has 5 atom stereocenters. The molecule has 0 aliphatic carbocycles. The molecule has 1 aliphatic heterocycles. The predicted octanol–water partition coefficient (Wildman–Crippen LogP) is 6.48. The average molecular weight is 515 g/mol. The van der Waals surface area contributed by atoms with Crippen molar-refractivity contribution in [3.8, 4) is 11.5 Å². The Morgan fingerprint density at radius 2 is 1.56 bits per heavy atom. The molecule has 0 amide bonds. The van der Waals surface area contributed by atoms with E-state index in [0.29, 0.717) is 0 Å². The third-order valence-corrected chi connectivity index (χ3v) is 7.43. The molecule has 5 nitrogen and oxygen atoms in total. The van der Waals surface area contributed by atoms with Gasteiger partial charge < -0.3 is 14.2 Å². The number of hydrogen-bond acceptors (Lipinski definition) is 5. The van der Waals surface area contributed by atoms with E-state index in [4.69, 9.17) is 14.2 Å². The molecule has 1 fully saturated rings. The molecule has 0 unspecified atom stereocenters. The number of hydrogen-bond donors (Lipinski definition) is 0. The van der Waals surface area contributed by atoms with E-state index < -0.39 is 31.1 Å². The minimum Gasteiger partial charge on any atom is -0.463 e.